The van der Waals surface area contributed by atoms with Crippen molar-refractivity contribution in [3.05, 3.63) is 65.3 Å². The molecule has 1 aliphatic heterocycles. The van der Waals surface area contributed by atoms with Crippen LogP contribution in [-0.4, -0.2) is 68.7 Å². The Morgan fingerprint density at radius 3 is 2.33 bits per heavy atom. The number of imidazole rings is 1. The van der Waals surface area contributed by atoms with Crippen LogP contribution in [-0.2, 0) is 4.79 Å². The number of benzene rings is 1. The average molecular weight is 580 g/mol. The maximum atomic E-state index is 13.4. The fourth-order valence-corrected chi connectivity index (χ4v) is 5.06. The zero-order valence-corrected chi connectivity index (χ0v) is 22.0. The van der Waals surface area contributed by atoms with Gasteiger partial charge < -0.3 is 19.9 Å². The fraction of sp³-hybridized carbons (Fsp3) is 0.280. The summed E-state index contributed by atoms with van der Waals surface area (Å²) < 4.78 is 43.4. The molecule has 1 saturated heterocycles. The normalized spacial score (nSPS) is 14.9. The molecule has 0 bridgehead atoms. The van der Waals surface area contributed by atoms with Crippen LogP contribution in [0.5, 0.6) is 5.75 Å². The highest BCUT2D eigenvalue weighted by Crippen LogP contribution is 2.34. The first kappa shape index (κ1) is 26.8. The first-order valence-corrected chi connectivity index (χ1v) is 12.6. The third-order valence-corrected chi connectivity index (χ3v) is 6.80. The predicted octanol–water partition coefficient (Wildman–Crippen LogP) is 5.15. The summed E-state index contributed by atoms with van der Waals surface area (Å²) >= 11 is 12.6. The summed E-state index contributed by atoms with van der Waals surface area (Å²) in [6.07, 6.45) is 3.09. The number of ether oxygens (including phenoxy) is 1. The molecule has 0 aliphatic carbocycles. The second-order valence-electron chi connectivity index (χ2n) is 8.82. The summed E-state index contributed by atoms with van der Waals surface area (Å²) in [5.74, 6) is 0.0420. The molecule has 5 rings (SSSR count). The Labute approximate surface area is 231 Å². The molecule has 1 N–H and O–H groups in total. The van der Waals surface area contributed by atoms with Crippen LogP contribution in [0.25, 0.3) is 16.9 Å². The maximum absolute atomic E-state index is 13.4. The molecule has 0 saturated carbocycles. The molecule has 39 heavy (non-hydrogen) atoms. The molecule has 4 heterocycles. The van der Waals surface area contributed by atoms with Gasteiger partial charge in [-0.2, -0.15) is 0 Å². The lowest BCUT2D eigenvalue weighted by atomic mass is 10.1. The molecule has 1 fully saturated rings. The molecule has 1 aliphatic rings. The number of nitrogens with zero attached hydrogens (tertiary/aromatic N) is 6. The number of anilines is 2. The summed E-state index contributed by atoms with van der Waals surface area (Å²) in [4.78, 5) is 29.8. The summed E-state index contributed by atoms with van der Waals surface area (Å²) in [5, 5.41) is 4.15. The summed E-state index contributed by atoms with van der Waals surface area (Å²) in [6.45, 7) is 3.76. The minimum atomic E-state index is -4.79. The third kappa shape index (κ3) is 5.81. The van der Waals surface area contributed by atoms with Gasteiger partial charge in [-0.1, -0.05) is 23.2 Å². The fourth-order valence-electron chi connectivity index (χ4n) is 4.46. The van der Waals surface area contributed by atoms with Gasteiger partial charge in [-0.25, -0.2) is 4.98 Å². The maximum Gasteiger partial charge on any atom is 0.573 e. The van der Waals surface area contributed by atoms with E-state index in [1.54, 1.807) is 34.8 Å². The van der Waals surface area contributed by atoms with Crippen molar-refractivity contribution in [2.45, 2.75) is 19.3 Å². The molecule has 1 aromatic carbocycles. The van der Waals surface area contributed by atoms with Crippen LogP contribution in [0.15, 0.2) is 55.2 Å². The van der Waals surface area contributed by atoms with E-state index < -0.39 is 12.4 Å². The molecule has 204 valence electrons. The number of rotatable bonds is 6. The molecule has 1 atom stereocenters. The first-order chi connectivity index (χ1) is 18.6. The number of carbonyl (C=O) groups is 1. The molecule has 1 unspecified atom stereocenters. The van der Waals surface area contributed by atoms with Crippen molar-refractivity contribution in [1.82, 2.24) is 24.3 Å². The van der Waals surface area contributed by atoms with Gasteiger partial charge in [-0.15, -0.1) is 13.2 Å². The van der Waals surface area contributed by atoms with E-state index in [1.165, 1.54) is 36.7 Å². The number of aromatic nitrogens is 4. The van der Waals surface area contributed by atoms with Crippen LogP contribution in [0.4, 0.5) is 24.7 Å². The smallest absolute Gasteiger partial charge is 0.406 e. The number of piperazine rings is 1. The minimum Gasteiger partial charge on any atom is -0.406 e. The van der Waals surface area contributed by atoms with E-state index in [9.17, 15) is 18.0 Å². The average Bonchev–Trinajstić information content (AvgIpc) is 3.26. The van der Waals surface area contributed by atoms with Crippen molar-refractivity contribution in [2.75, 3.05) is 36.4 Å². The van der Waals surface area contributed by atoms with Crippen molar-refractivity contribution in [2.24, 2.45) is 0 Å². The Morgan fingerprint density at radius 1 is 1.03 bits per heavy atom. The Kier molecular flexibility index (Phi) is 7.41. The standard InChI is InChI=1S/C25H22Cl2F3N7O2/c1-15(24(38)36-10-8-35(9-11-36)22-18(26)12-32-13-19(22)27)33-23-21(34-20-14-31-6-7-37(20)23)16-2-4-17(5-3-16)39-25(28,29)30/h2-7,12-15,33H,8-11H2,1H3. The van der Waals surface area contributed by atoms with E-state index in [4.69, 9.17) is 23.2 Å². The number of amides is 1. The summed E-state index contributed by atoms with van der Waals surface area (Å²) in [7, 11) is 0. The van der Waals surface area contributed by atoms with Crippen LogP contribution >= 0.6 is 23.2 Å². The molecule has 14 heteroatoms. The first-order valence-electron chi connectivity index (χ1n) is 11.9. The largest absolute Gasteiger partial charge is 0.573 e. The quantitative estimate of drug-likeness (QED) is 0.338. The highest BCUT2D eigenvalue weighted by Gasteiger charge is 2.31. The number of hydrogen-bond acceptors (Lipinski definition) is 7. The number of pyridine rings is 1. The number of carbonyl (C=O) groups excluding carboxylic acids is 1. The van der Waals surface area contributed by atoms with Gasteiger partial charge in [0.05, 0.1) is 21.9 Å². The Bertz CT molecular complexity index is 1470. The zero-order chi connectivity index (χ0) is 27.7. The van der Waals surface area contributed by atoms with Crippen LogP contribution in [0.1, 0.15) is 6.92 Å². The predicted molar refractivity (Wildman–Crippen MR) is 141 cm³/mol. The van der Waals surface area contributed by atoms with Gasteiger partial charge in [0, 0.05) is 56.5 Å². The van der Waals surface area contributed by atoms with Crippen molar-refractivity contribution in [1.29, 1.82) is 0 Å². The molecule has 1 amide bonds. The summed E-state index contributed by atoms with van der Waals surface area (Å²) in [6, 6.07) is 4.74. The second-order valence-corrected chi connectivity index (χ2v) is 9.63. The van der Waals surface area contributed by atoms with Gasteiger partial charge in [-0.3, -0.25) is 19.2 Å². The number of fused-ring (bicyclic) bond motifs is 1. The van der Waals surface area contributed by atoms with E-state index in [0.717, 1.165) is 0 Å². The SMILES string of the molecule is CC(Nc1c(-c2ccc(OC(F)(F)F)cc2)nc2cnccn12)C(=O)N1CCN(c2c(Cl)cncc2Cl)CC1. The van der Waals surface area contributed by atoms with Gasteiger partial charge in [0.2, 0.25) is 5.91 Å². The van der Waals surface area contributed by atoms with Gasteiger partial charge in [0.25, 0.3) is 0 Å². The number of nitrogens with one attached hydrogen (secondary N) is 1. The number of hydrogen-bond donors (Lipinski definition) is 1. The molecule has 0 spiro atoms. The van der Waals surface area contributed by atoms with Gasteiger partial charge in [0.15, 0.2) is 5.65 Å². The third-order valence-electron chi connectivity index (χ3n) is 6.25. The van der Waals surface area contributed by atoms with E-state index in [1.807, 2.05) is 4.90 Å². The van der Waals surface area contributed by atoms with Crippen molar-refractivity contribution >= 4 is 46.3 Å². The Morgan fingerprint density at radius 2 is 1.69 bits per heavy atom. The van der Waals surface area contributed by atoms with Crippen LogP contribution in [0, 0.1) is 0 Å². The van der Waals surface area contributed by atoms with Crippen molar-refractivity contribution in [3.8, 4) is 17.0 Å². The molecule has 9 nitrogen and oxygen atoms in total. The monoisotopic (exact) mass is 579 g/mol. The Balaban J connectivity index is 1.33. The second kappa shape index (κ2) is 10.8. The number of halogens is 5. The van der Waals surface area contributed by atoms with Crippen molar-refractivity contribution < 1.29 is 22.7 Å². The lowest BCUT2D eigenvalue weighted by molar-refractivity contribution is -0.274. The lowest BCUT2D eigenvalue weighted by Gasteiger charge is -2.37. The molecule has 3 aromatic heterocycles. The minimum absolute atomic E-state index is 0.120. The lowest BCUT2D eigenvalue weighted by Crippen LogP contribution is -2.52. The van der Waals surface area contributed by atoms with E-state index >= 15 is 0 Å². The highest BCUT2D eigenvalue weighted by molar-refractivity contribution is 6.38. The molecular weight excluding hydrogens is 558 g/mol. The Hall–Kier alpha value is -3.77. The van der Waals surface area contributed by atoms with E-state index in [0.29, 0.717) is 64.6 Å². The molecule has 0 radical (unpaired) electrons. The van der Waals surface area contributed by atoms with Crippen LogP contribution in [0.2, 0.25) is 10.0 Å². The zero-order valence-electron chi connectivity index (χ0n) is 20.5. The van der Waals surface area contributed by atoms with Gasteiger partial charge in [0.1, 0.15) is 23.3 Å². The molecule has 4 aromatic rings. The topological polar surface area (TPSA) is 87.9 Å². The van der Waals surface area contributed by atoms with E-state index in [-0.39, 0.29) is 11.7 Å². The number of alkyl halides is 3. The van der Waals surface area contributed by atoms with E-state index in [2.05, 4.69) is 25.0 Å². The van der Waals surface area contributed by atoms with Crippen LogP contribution in [0.3, 0.4) is 0 Å². The van der Waals surface area contributed by atoms with Gasteiger partial charge >= 0.3 is 6.36 Å². The van der Waals surface area contributed by atoms with Crippen molar-refractivity contribution in [3.63, 3.8) is 0 Å². The van der Waals surface area contributed by atoms with Crippen LogP contribution < -0.4 is 15.0 Å². The molecular formula is C25H22Cl2F3N7O2. The summed E-state index contributed by atoms with van der Waals surface area (Å²) in [5.41, 5.74) is 2.19. The van der Waals surface area contributed by atoms with Gasteiger partial charge in [-0.05, 0) is 31.2 Å². The highest BCUT2D eigenvalue weighted by atomic mass is 35.5.